The van der Waals surface area contributed by atoms with Gasteiger partial charge in [0.1, 0.15) is 0 Å². The molecule has 0 atom stereocenters. The highest BCUT2D eigenvalue weighted by Gasteiger charge is 2.09. The predicted molar refractivity (Wildman–Crippen MR) is 89.6 cm³/mol. The number of hydrogen-bond acceptors (Lipinski definition) is 3. The number of ether oxygens (including phenoxy) is 1. The average Bonchev–Trinajstić information content (AvgIpc) is 2.56. The van der Waals surface area contributed by atoms with Crippen LogP contribution in [0, 0.1) is 0 Å². The number of amides is 2. The third kappa shape index (κ3) is 4.66. The number of carbonyl (C=O) groups is 2. The summed E-state index contributed by atoms with van der Waals surface area (Å²) >= 11 is 0. The Balaban J connectivity index is 2.12. The maximum atomic E-state index is 12.3. The zero-order valence-electron chi connectivity index (χ0n) is 13.3. The van der Waals surface area contributed by atoms with Crippen LogP contribution in [0.4, 0.5) is 5.69 Å². The first-order chi connectivity index (χ1) is 11.1. The van der Waals surface area contributed by atoms with E-state index in [1.54, 1.807) is 43.5 Å². The molecule has 2 aromatic carbocycles. The summed E-state index contributed by atoms with van der Waals surface area (Å²) in [4.78, 5) is 24.2. The van der Waals surface area contributed by atoms with Crippen molar-refractivity contribution in [2.75, 3.05) is 19.0 Å². The molecule has 2 rings (SSSR count). The molecule has 0 saturated carbocycles. The molecule has 2 amide bonds. The van der Waals surface area contributed by atoms with Gasteiger partial charge in [-0.15, -0.1) is 0 Å². The van der Waals surface area contributed by atoms with Gasteiger partial charge in [0, 0.05) is 30.5 Å². The zero-order chi connectivity index (χ0) is 16.7. The molecule has 120 valence electrons. The minimum absolute atomic E-state index is 0.161. The van der Waals surface area contributed by atoms with Crippen molar-refractivity contribution in [3.05, 3.63) is 65.2 Å². The normalized spacial score (nSPS) is 10.2. The number of carbonyl (C=O) groups excluding carboxylic acids is 2. The van der Waals surface area contributed by atoms with Crippen molar-refractivity contribution in [2.24, 2.45) is 0 Å². The first-order valence-electron chi connectivity index (χ1n) is 7.41. The smallest absolute Gasteiger partial charge is 0.255 e. The van der Waals surface area contributed by atoms with Crippen LogP contribution in [0.15, 0.2) is 48.5 Å². The quantitative estimate of drug-likeness (QED) is 0.862. The molecule has 2 N–H and O–H groups in total. The lowest BCUT2D eigenvalue weighted by molar-refractivity contribution is 0.0954. The molecule has 0 saturated heterocycles. The van der Waals surface area contributed by atoms with Crippen molar-refractivity contribution in [1.29, 1.82) is 0 Å². The first-order valence-corrected chi connectivity index (χ1v) is 7.41. The van der Waals surface area contributed by atoms with E-state index in [1.807, 2.05) is 19.1 Å². The van der Waals surface area contributed by atoms with Crippen LogP contribution >= 0.6 is 0 Å². The molecule has 0 aliphatic rings. The van der Waals surface area contributed by atoms with E-state index >= 15 is 0 Å². The number of benzene rings is 2. The second-order valence-corrected chi connectivity index (χ2v) is 5.03. The van der Waals surface area contributed by atoms with E-state index in [2.05, 4.69) is 10.6 Å². The van der Waals surface area contributed by atoms with Crippen molar-refractivity contribution in [2.45, 2.75) is 13.5 Å². The topological polar surface area (TPSA) is 67.4 Å². The molecule has 0 aliphatic carbocycles. The van der Waals surface area contributed by atoms with Crippen LogP contribution in [0.5, 0.6) is 0 Å². The summed E-state index contributed by atoms with van der Waals surface area (Å²) in [5, 5.41) is 5.54. The molecule has 5 nitrogen and oxygen atoms in total. The Hall–Kier alpha value is -2.66. The summed E-state index contributed by atoms with van der Waals surface area (Å²) < 4.78 is 5.07. The monoisotopic (exact) mass is 312 g/mol. The van der Waals surface area contributed by atoms with Gasteiger partial charge in [0.25, 0.3) is 11.8 Å². The van der Waals surface area contributed by atoms with Gasteiger partial charge < -0.3 is 15.4 Å². The maximum absolute atomic E-state index is 12.3. The number of methoxy groups -OCH3 is 1. The Labute approximate surface area is 135 Å². The molecular weight excluding hydrogens is 292 g/mol. The van der Waals surface area contributed by atoms with Gasteiger partial charge in [-0.05, 0) is 42.8 Å². The van der Waals surface area contributed by atoms with Gasteiger partial charge in [0.2, 0.25) is 0 Å². The van der Waals surface area contributed by atoms with Crippen LogP contribution in [-0.4, -0.2) is 25.5 Å². The minimum Gasteiger partial charge on any atom is -0.380 e. The Morgan fingerprint density at radius 1 is 1.00 bits per heavy atom. The molecule has 0 aromatic heterocycles. The van der Waals surface area contributed by atoms with Crippen LogP contribution in [0.2, 0.25) is 0 Å². The highest BCUT2D eigenvalue weighted by molar-refractivity contribution is 6.05. The largest absolute Gasteiger partial charge is 0.380 e. The number of anilines is 1. The lowest BCUT2D eigenvalue weighted by Crippen LogP contribution is -2.22. The van der Waals surface area contributed by atoms with Gasteiger partial charge in [-0.1, -0.05) is 18.2 Å². The van der Waals surface area contributed by atoms with Gasteiger partial charge in [-0.3, -0.25) is 9.59 Å². The molecule has 0 radical (unpaired) electrons. The second kappa shape index (κ2) is 8.10. The summed E-state index contributed by atoms with van der Waals surface area (Å²) in [6.45, 7) is 2.87. The van der Waals surface area contributed by atoms with Gasteiger partial charge in [0.05, 0.1) is 6.61 Å². The van der Waals surface area contributed by atoms with Crippen LogP contribution in [0.1, 0.15) is 33.2 Å². The molecule has 0 unspecified atom stereocenters. The number of rotatable bonds is 6. The molecule has 0 aliphatic heterocycles. The lowest BCUT2D eigenvalue weighted by Gasteiger charge is -2.08. The summed E-state index contributed by atoms with van der Waals surface area (Å²) in [5.41, 5.74) is 2.56. The molecule has 23 heavy (non-hydrogen) atoms. The number of hydrogen-bond donors (Lipinski definition) is 2. The fourth-order valence-corrected chi connectivity index (χ4v) is 2.17. The standard InChI is InChI=1S/C18H20N2O3/c1-3-19-17(21)15-8-5-9-16(11-15)20-18(22)14-7-4-6-13(10-14)12-23-2/h4-11H,3,12H2,1-2H3,(H,19,21)(H,20,22). The fourth-order valence-electron chi connectivity index (χ4n) is 2.17. The van der Waals surface area contributed by atoms with Gasteiger partial charge >= 0.3 is 0 Å². The Morgan fingerprint density at radius 2 is 1.70 bits per heavy atom. The summed E-state index contributed by atoms with van der Waals surface area (Å²) in [6.07, 6.45) is 0. The zero-order valence-corrected chi connectivity index (χ0v) is 13.3. The molecule has 0 spiro atoms. The molecule has 5 heteroatoms. The van der Waals surface area contributed by atoms with E-state index in [0.717, 1.165) is 5.56 Å². The van der Waals surface area contributed by atoms with Crippen molar-refractivity contribution in [3.8, 4) is 0 Å². The van der Waals surface area contributed by atoms with Crippen LogP contribution in [0.25, 0.3) is 0 Å². The SMILES string of the molecule is CCNC(=O)c1cccc(NC(=O)c2cccc(COC)c2)c1. The summed E-state index contributed by atoms with van der Waals surface area (Å²) in [5.74, 6) is -0.387. The van der Waals surface area contributed by atoms with Crippen LogP contribution in [-0.2, 0) is 11.3 Å². The first kappa shape index (κ1) is 16.7. The highest BCUT2D eigenvalue weighted by atomic mass is 16.5. The van der Waals surface area contributed by atoms with E-state index in [0.29, 0.717) is 30.0 Å². The van der Waals surface area contributed by atoms with E-state index in [-0.39, 0.29) is 11.8 Å². The number of nitrogens with one attached hydrogen (secondary N) is 2. The lowest BCUT2D eigenvalue weighted by atomic mass is 10.1. The Bertz CT molecular complexity index is 698. The van der Waals surface area contributed by atoms with Crippen LogP contribution < -0.4 is 10.6 Å². The fraction of sp³-hybridized carbons (Fsp3) is 0.222. The van der Waals surface area contributed by atoms with E-state index in [1.165, 1.54) is 0 Å². The van der Waals surface area contributed by atoms with Crippen molar-refractivity contribution in [3.63, 3.8) is 0 Å². The third-order valence-electron chi connectivity index (χ3n) is 3.22. The third-order valence-corrected chi connectivity index (χ3v) is 3.22. The van der Waals surface area contributed by atoms with Crippen molar-refractivity contribution in [1.82, 2.24) is 5.32 Å². The Kier molecular flexibility index (Phi) is 5.88. The molecule has 0 bridgehead atoms. The van der Waals surface area contributed by atoms with Crippen LogP contribution in [0.3, 0.4) is 0 Å². The van der Waals surface area contributed by atoms with Gasteiger partial charge in [0.15, 0.2) is 0 Å². The summed E-state index contributed by atoms with van der Waals surface area (Å²) in [7, 11) is 1.61. The van der Waals surface area contributed by atoms with Gasteiger partial charge in [-0.25, -0.2) is 0 Å². The minimum atomic E-state index is -0.226. The van der Waals surface area contributed by atoms with E-state index < -0.39 is 0 Å². The molecular formula is C18H20N2O3. The highest BCUT2D eigenvalue weighted by Crippen LogP contribution is 2.13. The van der Waals surface area contributed by atoms with Crippen molar-refractivity contribution >= 4 is 17.5 Å². The van der Waals surface area contributed by atoms with E-state index in [4.69, 9.17) is 4.74 Å². The maximum Gasteiger partial charge on any atom is 0.255 e. The second-order valence-electron chi connectivity index (χ2n) is 5.03. The van der Waals surface area contributed by atoms with E-state index in [9.17, 15) is 9.59 Å². The summed E-state index contributed by atoms with van der Waals surface area (Å²) in [6, 6.07) is 14.1. The average molecular weight is 312 g/mol. The van der Waals surface area contributed by atoms with Crippen molar-refractivity contribution < 1.29 is 14.3 Å². The molecule has 0 fully saturated rings. The molecule has 0 heterocycles. The molecule has 2 aromatic rings. The Morgan fingerprint density at radius 3 is 2.39 bits per heavy atom. The predicted octanol–water partition coefficient (Wildman–Crippen LogP) is 2.84. The van der Waals surface area contributed by atoms with Gasteiger partial charge in [-0.2, -0.15) is 0 Å².